The normalized spacial score (nSPS) is 13.5. The number of hydrogen-bond acceptors (Lipinski definition) is 7. The van der Waals surface area contributed by atoms with Crippen LogP contribution in [-0.4, -0.2) is 31.3 Å². The Morgan fingerprint density at radius 1 is 1.03 bits per heavy atom. The van der Waals surface area contributed by atoms with E-state index in [1.165, 1.54) is 0 Å². The molecule has 146 valence electrons. The largest absolute Gasteiger partial charge is 0.383 e. The third kappa shape index (κ3) is 3.22. The lowest BCUT2D eigenvalue weighted by Gasteiger charge is -2.28. The Balaban J connectivity index is 1.29. The van der Waals surface area contributed by atoms with Gasteiger partial charge in [0.15, 0.2) is 5.82 Å². The lowest BCUT2D eigenvalue weighted by molar-refractivity contribution is 0.547. The molecule has 5 rings (SSSR count). The number of pyridine rings is 2. The van der Waals surface area contributed by atoms with E-state index >= 15 is 0 Å². The van der Waals surface area contributed by atoms with E-state index in [0.29, 0.717) is 12.4 Å². The number of nitrogen functional groups attached to an aromatic ring is 1. The highest BCUT2D eigenvalue weighted by molar-refractivity contribution is 5.99. The van der Waals surface area contributed by atoms with E-state index < -0.39 is 0 Å². The number of nitrogens with zero attached hydrogens (tertiary/aromatic N) is 6. The second-order valence-electron chi connectivity index (χ2n) is 7.21. The maximum atomic E-state index is 5.99. The number of nitrogens with two attached hydrogens (primary N) is 1. The summed E-state index contributed by atoms with van der Waals surface area (Å²) in [5.74, 6) is 3.47. The first-order valence-electron chi connectivity index (χ1n) is 9.65. The smallest absolute Gasteiger partial charge is 0.152 e. The fourth-order valence-electron chi connectivity index (χ4n) is 3.79. The quantitative estimate of drug-likeness (QED) is 0.556. The fourth-order valence-corrected chi connectivity index (χ4v) is 3.79. The summed E-state index contributed by atoms with van der Waals surface area (Å²) in [6.45, 7) is 5.20. The first kappa shape index (κ1) is 17.4. The number of fused-ring (bicyclic) bond motifs is 2. The van der Waals surface area contributed by atoms with Crippen molar-refractivity contribution >= 4 is 28.1 Å². The molecule has 4 aromatic rings. The van der Waals surface area contributed by atoms with Gasteiger partial charge >= 0.3 is 0 Å². The van der Waals surface area contributed by atoms with Crippen molar-refractivity contribution in [2.75, 3.05) is 22.5 Å². The van der Waals surface area contributed by atoms with Crippen molar-refractivity contribution in [3.63, 3.8) is 0 Å². The van der Waals surface area contributed by atoms with Crippen LogP contribution in [0.25, 0.3) is 10.8 Å². The van der Waals surface area contributed by atoms with Gasteiger partial charge in [0.25, 0.3) is 0 Å². The number of aromatic nitrogens is 5. The molecule has 0 fully saturated rings. The lowest BCUT2D eigenvalue weighted by atomic mass is 10.1. The van der Waals surface area contributed by atoms with Crippen LogP contribution in [0.4, 0.5) is 17.3 Å². The van der Waals surface area contributed by atoms with Gasteiger partial charge in [-0.05, 0) is 30.7 Å². The highest BCUT2D eigenvalue weighted by atomic mass is 15.3. The van der Waals surface area contributed by atoms with Crippen LogP contribution in [0.15, 0.2) is 48.8 Å². The summed E-state index contributed by atoms with van der Waals surface area (Å²) in [6.07, 6.45) is 3.66. The fraction of sp³-hybridized carbons (Fsp3) is 0.238. The van der Waals surface area contributed by atoms with E-state index in [1.807, 2.05) is 31.3 Å². The van der Waals surface area contributed by atoms with E-state index in [4.69, 9.17) is 5.73 Å². The van der Waals surface area contributed by atoms with Gasteiger partial charge in [0.2, 0.25) is 0 Å². The van der Waals surface area contributed by atoms with E-state index in [0.717, 1.165) is 59.1 Å². The summed E-state index contributed by atoms with van der Waals surface area (Å²) in [7, 11) is 0. The molecule has 29 heavy (non-hydrogen) atoms. The molecule has 1 aliphatic rings. The molecule has 0 unspecified atom stereocenters. The Bertz CT molecular complexity index is 1170. The SMILES string of the molecule is Cc1nnc2n1CCN(c1ccc(CNc3cccc4c(N)nccc34)cn1)C2. The number of rotatable bonds is 4. The maximum Gasteiger partial charge on any atom is 0.152 e. The number of anilines is 3. The third-order valence-corrected chi connectivity index (χ3v) is 5.39. The first-order valence-corrected chi connectivity index (χ1v) is 9.65. The van der Waals surface area contributed by atoms with Crippen molar-refractivity contribution in [2.24, 2.45) is 0 Å². The van der Waals surface area contributed by atoms with Crippen molar-refractivity contribution < 1.29 is 0 Å². The van der Waals surface area contributed by atoms with Gasteiger partial charge in [-0.25, -0.2) is 9.97 Å². The minimum atomic E-state index is 0.546. The molecule has 0 atom stereocenters. The van der Waals surface area contributed by atoms with Crippen LogP contribution < -0.4 is 16.0 Å². The number of aryl methyl sites for hydroxylation is 1. The lowest BCUT2D eigenvalue weighted by Crippen LogP contribution is -2.34. The Labute approximate surface area is 168 Å². The topological polar surface area (TPSA) is 97.8 Å². The van der Waals surface area contributed by atoms with Gasteiger partial charge in [-0.3, -0.25) is 0 Å². The van der Waals surface area contributed by atoms with E-state index in [-0.39, 0.29) is 0 Å². The van der Waals surface area contributed by atoms with Crippen molar-refractivity contribution in [1.82, 2.24) is 24.7 Å². The maximum absolute atomic E-state index is 5.99. The highest BCUT2D eigenvalue weighted by Gasteiger charge is 2.20. The second-order valence-corrected chi connectivity index (χ2v) is 7.21. The third-order valence-electron chi connectivity index (χ3n) is 5.39. The summed E-state index contributed by atoms with van der Waals surface area (Å²) in [4.78, 5) is 11.1. The Kier molecular flexibility index (Phi) is 4.23. The average molecular weight is 386 g/mol. The van der Waals surface area contributed by atoms with Crippen molar-refractivity contribution in [1.29, 1.82) is 0 Å². The predicted octanol–water partition coefficient (Wildman–Crippen LogP) is 2.74. The second kappa shape index (κ2) is 7.05. The Morgan fingerprint density at radius 2 is 1.97 bits per heavy atom. The Morgan fingerprint density at radius 3 is 2.83 bits per heavy atom. The molecule has 0 saturated carbocycles. The van der Waals surface area contributed by atoms with Crippen LogP contribution in [0, 0.1) is 6.92 Å². The van der Waals surface area contributed by atoms with Gasteiger partial charge in [-0.15, -0.1) is 10.2 Å². The highest BCUT2D eigenvalue weighted by Crippen LogP contribution is 2.26. The number of hydrogen-bond donors (Lipinski definition) is 2. The number of nitrogens with one attached hydrogen (secondary N) is 1. The molecule has 0 bridgehead atoms. The van der Waals surface area contributed by atoms with E-state index in [1.54, 1.807) is 6.20 Å². The van der Waals surface area contributed by atoms with Gasteiger partial charge in [0.1, 0.15) is 17.5 Å². The molecule has 8 heteroatoms. The van der Waals surface area contributed by atoms with Crippen molar-refractivity contribution in [2.45, 2.75) is 26.6 Å². The molecular formula is C21H22N8. The minimum absolute atomic E-state index is 0.546. The first-order chi connectivity index (χ1) is 14.2. The molecular weight excluding hydrogens is 364 g/mol. The van der Waals surface area contributed by atoms with Gasteiger partial charge in [-0.1, -0.05) is 18.2 Å². The minimum Gasteiger partial charge on any atom is -0.383 e. The molecule has 0 saturated heterocycles. The molecule has 8 nitrogen and oxygen atoms in total. The molecule has 0 radical (unpaired) electrons. The summed E-state index contributed by atoms with van der Waals surface area (Å²) < 4.78 is 2.17. The van der Waals surface area contributed by atoms with Crippen LogP contribution in [-0.2, 0) is 19.6 Å². The van der Waals surface area contributed by atoms with Gasteiger partial charge in [0, 0.05) is 48.5 Å². The molecule has 1 aromatic carbocycles. The van der Waals surface area contributed by atoms with Crippen LogP contribution in [0.5, 0.6) is 0 Å². The molecule has 0 spiro atoms. The molecule has 3 aromatic heterocycles. The van der Waals surface area contributed by atoms with Gasteiger partial charge in [0.05, 0.1) is 6.54 Å². The molecule has 0 aliphatic carbocycles. The predicted molar refractivity (Wildman–Crippen MR) is 114 cm³/mol. The zero-order valence-electron chi connectivity index (χ0n) is 16.2. The van der Waals surface area contributed by atoms with Crippen LogP contribution in [0.2, 0.25) is 0 Å². The molecule has 3 N–H and O–H groups in total. The summed E-state index contributed by atoms with van der Waals surface area (Å²) in [6, 6.07) is 12.2. The van der Waals surface area contributed by atoms with Gasteiger partial charge < -0.3 is 20.5 Å². The van der Waals surface area contributed by atoms with Crippen LogP contribution in [0.3, 0.4) is 0 Å². The summed E-state index contributed by atoms with van der Waals surface area (Å²) in [5.41, 5.74) is 8.14. The monoisotopic (exact) mass is 386 g/mol. The van der Waals surface area contributed by atoms with Crippen LogP contribution >= 0.6 is 0 Å². The van der Waals surface area contributed by atoms with Crippen molar-refractivity contribution in [3.8, 4) is 0 Å². The zero-order chi connectivity index (χ0) is 19.8. The Hall–Kier alpha value is -3.68. The van der Waals surface area contributed by atoms with Crippen molar-refractivity contribution in [3.05, 3.63) is 66.0 Å². The number of benzene rings is 1. The molecule has 4 heterocycles. The standard InChI is InChI=1S/C21H22N8/c1-14-26-27-20-13-28(9-10-29(14)20)19-6-5-15(12-25-19)11-24-18-4-2-3-17-16(18)7-8-23-21(17)22/h2-8,12,24H,9-11,13H2,1H3,(H2,22,23). The molecule has 0 amide bonds. The van der Waals surface area contributed by atoms with Crippen LogP contribution in [0.1, 0.15) is 17.2 Å². The van der Waals surface area contributed by atoms with E-state index in [9.17, 15) is 0 Å². The average Bonchev–Trinajstić information content (AvgIpc) is 3.13. The summed E-state index contributed by atoms with van der Waals surface area (Å²) in [5, 5.41) is 13.9. The van der Waals surface area contributed by atoms with Gasteiger partial charge in [-0.2, -0.15) is 0 Å². The zero-order valence-corrected chi connectivity index (χ0v) is 16.2. The van der Waals surface area contributed by atoms with E-state index in [2.05, 4.69) is 53.1 Å². The molecule has 1 aliphatic heterocycles. The summed E-state index contributed by atoms with van der Waals surface area (Å²) >= 11 is 0.